The molecule has 0 aliphatic carbocycles. The van der Waals surface area contributed by atoms with Gasteiger partial charge in [0.2, 0.25) is 5.75 Å². The van der Waals surface area contributed by atoms with Crippen LogP contribution in [0, 0.1) is 0 Å². The Balaban J connectivity index is 2.01. The van der Waals surface area contributed by atoms with Crippen molar-refractivity contribution < 1.29 is 28.5 Å². The number of Topliss-reactive ketones (excluding diaryl/α,β-unsaturated/α-hetero) is 1. The smallest absolute Gasteiger partial charge is 0.260 e. The Labute approximate surface area is 171 Å². The second-order valence-corrected chi connectivity index (χ2v) is 6.33. The van der Waals surface area contributed by atoms with E-state index in [4.69, 9.17) is 18.9 Å². The van der Waals surface area contributed by atoms with Crippen LogP contribution < -0.4 is 18.9 Å². The van der Waals surface area contributed by atoms with Crippen LogP contribution in [-0.4, -0.2) is 51.6 Å². The lowest BCUT2D eigenvalue weighted by Crippen LogP contribution is -2.31. The molecule has 0 aromatic heterocycles. The number of carbonyl (C=O) groups excluding carboxylic acids is 2. The maximum absolute atomic E-state index is 12.5. The number of hydrogen-bond acceptors (Lipinski definition) is 6. The first-order valence-electron chi connectivity index (χ1n) is 9.23. The molecule has 7 heteroatoms. The van der Waals surface area contributed by atoms with Crippen LogP contribution in [-0.2, 0) is 11.3 Å². The summed E-state index contributed by atoms with van der Waals surface area (Å²) < 4.78 is 21.7. The van der Waals surface area contributed by atoms with Crippen molar-refractivity contribution in [2.75, 3.05) is 35.0 Å². The lowest BCUT2D eigenvalue weighted by atomic mass is 10.1. The molecule has 0 aliphatic rings. The highest BCUT2D eigenvalue weighted by Crippen LogP contribution is 2.40. The van der Waals surface area contributed by atoms with Gasteiger partial charge in [-0.15, -0.1) is 0 Å². The van der Waals surface area contributed by atoms with Gasteiger partial charge in [-0.2, -0.15) is 0 Å². The Morgan fingerprint density at radius 2 is 1.55 bits per heavy atom. The standard InChI is InChI=1S/C22H27NO6/c1-6-18(24)15-7-10-17(11-8-15)29-14-20(25)23(2)13-16-9-12-19(26-3)22(28-5)21(16)27-4/h7-12H,6,13-14H2,1-5H3. The number of rotatable bonds is 10. The van der Waals surface area contributed by atoms with Crippen molar-refractivity contribution in [3.05, 3.63) is 47.5 Å². The highest BCUT2D eigenvalue weighted by molar-refractivity contribution is 5.95. The summed E-state index contributed by atoms with van der Waals surface area (Å²) in [6.07, 6.45) is 0.448. The zero-order valence-corrected chi connectivity index (χ0v) is 17.5. The van der Waals surface area contributed by atoms with E-state index >= 15 is 0 Å². The minimum absolute atomic E-state index is 0.0660. The van der Waals surface area contributed by atoms with E-state index in [1.807, 2.05) is 13.0 Å². The molecule has 0 N–H and O–H groups in total. The SMILES string of the molecule is CCC(=O)c1ccc(OCC(=O)N(C)Cc2ccc(OC)c(OC)c2OC)cc1. The Morgan fingerprint density at radius 1 is 0.897 bits per heavy atom. The molecule has 156 valence electrons. The zero-order chi connectivity index (χ0) is 21.4. The summed E-state index contributed by atoms with van der Waals surface area (Å²) in [5, 5.41) is 0. The monoisotopic (exact) mass is 401 g/mol. The number of hydrogen-bond donors (Lipinski definition) is 0. The maximum Gasteiger partial charge on any atom is 0.260 e. The van der Waals surface area contributed by atoms with E-state index in [1.54, 1.807) is 56.5 Å². The van der Waals surface area contributed by atoms with Gasteiger partial charge in [-0.25, -0.2) is 0 Å². The fourth-order valence-corrected chi connectivity index (χ4v) is 2.83. The number of methoxy groups -OCH3 is 3. The van der Waals surface area contributed by atoms with Crippen molar-refractivity contribution >= 4 is 11.7 Å². The summed E-state index contributed by atoms with van der Waals surface area (Å²) in [7, 11) is 6.31. The zero-order valence-electron chi connectivity index (χ0n) is 17.5. The van der Waals surface area contributed by atoms with Crippen molar-refractivity contribution in [2.24, 2.45) is 0 Å². The third-order valence-electron chi connectivity index (χ3n) is 4.48. The summed E-state index contributed by atoms with van der Waals surface area (Å²) in [6.45, 7) is 2.01. The number of nitrogens with zero attached hydrogens (tertiary/aromatic N) is 1. The first-order chi connectivity index (χ1) is 13.9. The van der Waals surface area contributed by atoms with E-state index in [0.717, 1.165) is 5.56 Å². The molecule has 0 aliphatic heterocycles. The minimum atomic E-state index is -0.199. The molecule has 0 fully saturated rings. The molecule has 0 radical (unpaired) electrons. The van der Waals surface area contributed by atoms with Gasteiger partial charge >= 0.3 is 0 Å². The van der Waals surface area contributed by atoms with Crippen LogP contribution in [0.25, 0.3) is 0 Å². The molecular formula is C22H27NO6. The van der Waals surface area contributed by atoms with Gasteiger partial charge in [0.15, 0.2) is 23.9 Å². The van der Waals surface area contributed by atoms with Gasteiger partial charge < -0.3 is 23.8 Å². The quantitative estimate of drug-likeness (QED) is 0.569. The molecule has 0 saturated carbocycles. The Bertz CT molecular complexity index is 847. The van der Waals surface area contributed by atoms with E-state index in [1.165, 1.54) is 7.11 Å². The molecule has 7 nitrogen and oxygen atoms in total. The fourth-order valence-electron chi connectivity index (χ4n) is 2.83. The van der Waals surface area contributed by atoms with Gasteiger partial charge in [-0.3, -0.25) is 9.59 Å². The lowest BCUT2D eigenvalue weighted by molar-refractivity contribution is -0.132. The molecule has 0 spiro atoms. The molecule has 2 rings (SSSR count). The van der Waals surface area contributed by atoms with E-state index in [9.17, 15) is 9.59 Å². The summed E-state index contributed by atoms with van der Waals surface area (Å²) in [5.41, 5.74) is 1.41. The Morgan fingerprint density at radius 3 is 2.10 bits per heavy atom. The number of ketones is 1. The molecule has 0 saturated heterocycles. The maximum atomic E-state index is 12.5. The molecule has 0 bridgehead atoms. The molecule has 2 aromatic carbocycles. The lowest BCUT2D eigenvalue weighted by Gasteiger charge is -2.21. The van der Waals surface area contributed by atoms with Crippen LogP contribution in [0.4, 0.5) is 0 Å². The van der Waals surface area contributed by atoms with E-state index < -0.39 is 0 Å². The second-order valence-electron chi connectivity index (χ2n) is 6.33. The molecule has 29 heavy (non-hydrogen) atoms. The van der Waals surface area contributed by atoms with Crippen LogP contribution in [0.1, 0.15) is 29.3 Å². The van der Waals surface area contributed by atoms with Gasteiger partial charge in [0.25, 0.3) is 5.91 Å². The predicted octanol–water partition coefficient (Wildman–Crippen LogP) is 3.34. The topological polar surface area (TPSA) is 74.3 Å². The Hall–Kier alpha value is -3.22. The van der Waals surface area contributed by atoms with Gasteiger partial charge in [0, 0.05) is 31.1 Å². The Kier molecular flexibility index (Phi) is 7.88. The van der Waals surface area contributed by atoms with Crippen molar-refractivity contribution in [2.45, 2.75) is 19.9 Å². The molecule has 0 heterocycles. The number of amides is 1. The van der Waals surface area contributed by atoms with E-state index in [2.05, 4.69) is 0 Å². The average Bonchev–Trinajstić information content (AvgIpc) is 2.76. The van der Waals surface area contributed by atoms with Gasteiger partial charge in [0.1, 0.15) is 5.75 Å². The van der Waals surface area contributed by atoms with Crippen molar-refractivity contribution in [3.63, 3.8) is 0 Å². The molecule has 2 aromatic rings. The van der Waals surface area contributed by atoms with Crippen LogP contribution in [0.2, 0.25) is 0 Å². The van der Waals surface area contributed by atoms with Gasteiger partial charge in [-0.1, -0.05) is 6.92 Å². The van der Waals surface area contributed by atoms with Crippen LogP contribution in [0.3, 0.4) is 0 Å². The molecule has 0 unspecified atom stereocenters. The van der Waals surface area contributed by atoms with Crippen LogP contribution in [0.5, 0.6) is 23.0 Å². The summed E-state index contributed by atoms with van der Waals surface area (Å²) in [4.78, 5) is 25.7. The summed E-state index contributed by atoms with van der Waals surface area (Å²) >= 11 is 0. The third-order valence-corrected chi connectivity index (χ3v) is 4.48. The number of carbonyl (C=O) groups is 2. The number of benzene rings is 2. The van der Waals surface area contributed by atoms with E-state index in [-0.39, 0.29) is 18.3 Å². The molecule has 0 atom stereocenters. The van der Waals surface area contributed by atoms with Crippen molar-refractivity contribution in [3.8, 4) is 23.0 Å². The number of ether oxygens (including phenoxy) is 4. The van der Waals surface area contributed by atoms with Crippen LogP contribution in [0.15, 0.2) is 36.4 Å². The first-order valence-corrected chi connectivity index (χ1v) is 9.23. The predicted molar refractivity (Wildman–Crippen MR) is 109 cm³/mol. The fraction of sp³-hybridized carbons (Fsp3) is 0.364. The van der Waals surface area contributed by atoms with Crippen LogP contribution >= 0.6 is 0 Å². The highest BCUT2D eigenvalue weighted by atomic mass is 16.5. The second kappa shape index (κ2) is 10.4. The minimum Gasteiger partial charge on any atom is -0.493 e. The molecule has 1 amide bonds. The summed E-state index contributed by atoms with van der Waals surface area (Å²) in [6, 6.07) is 10.4. The van der Waals surface area contributed by atoms with E-state index in [0.29, 0.717) is 41.5 Å². The van der Waals surface area contributed by atoms with Gasteiger partial charge in [0.05, 0.1) is 21.3 Å². The van der Waals surface area contributed by atoms with Gasteiger partial charge in [-0.05, 0) is 36.4 Å². The third kappa shape index (κ3) is 5.40. The highest BCUT2D eigenvalue weighted by Gasteiger charge is 2.19. The first kappa shape index (κ1) is 22.1. The number of likely N-dealkylation sites (N-methyl/N-ethyl adjacent to an activating group) is 1. The van der Waals surface area contributed by atoms with Crippen molar-refractivity contribution in [1.82, 2.24) is 4.90 Å². The average molecular weight is 401 g/mol. The summed E-state index contributed by atoms with van der Waals surface area (Å²) in [5.74, 6) is 1.94. The normalized spacial score (nSPS) is 10.2. The molecular weight excluding hydrogens is 374 g/mol. The largest absolute Gasteiger partial charge is 0.493 e. The van der Waals surface area contributed by atoms with Crippen molar-refractivity contribution in [1.29, 1.82) is 0 Å².